The zero-order valence-corrected chi connectivity index (χ0v) is 19.6. The maximum Gasteiger partial charge on any atom is 0.266 e. The lowest BCUT2D eigenvalue weighted by molar-refractivity contribution is -0.112. The van der Waals surface area contributed by atoms with Crippen LogP contribution in [0.25, 0.3) is 6.08 Å². The molecule has 0 aliphatic rings. The van der Waals surface area contributed by atoms with Crippen LogP contribution in [0, 0.1) is 11.3 Å². The van der Waals surface area contributed by atoms with Crippen molar-refractivity contribution < 1.29 is 14.3 Å². The Morgan fingerprint density at radius 1 is 1.12 bits per heavy atom. The van der Waals surface area contributed by atoms with E-state index in [2.05, 4.69) is 21.2 Å². The van der Waals surface area contributed by atoms with E-state index >= 15 is 0 Å². The summed E-state index contributed by atoms with van der Waals surface area (Å²) in [6.07, 6.45) is 1.52. The molecule has 0 radical (unpaired) electrons. The maximum atomic E-state index is 12.5. The Balaban J connectivity index is 1.68. The molecular weight excluding hydrogens is 492 g/mol. The predicted octanol–water partition coefficient (Wildman–Crippen LogP) is 6.63. The molecule has 0 aliphatic carbocycles. The lowest BCUT2D eigenvalue weighted by atomic mass is 10.1. The molecule has 0 bridgehead atoms. The van der Waals surface area contributed by atoms with Crippen LogP contribution in [-0.4, -0.2) is 12.5 Å². The van der Waals surface area contributed by atoms with Crippen molar-refractivity contribution in [2.45, 2.75) is 13.5 Å². The van der Waals surface area contributed by atoms with E-state index in [0.29, 0.717) is 45.5 Å². The Morgan fingerprint density at radius 2 is 1.88 bits per heavy atom. The van der Waals surface area contributed by atoms with Gasteiger partial charge in [-0.05, 0) is 77.0 Å². The number of nitrogens with zero attached hydrogens (tertiary/aromatic N) is 1. The topological polar surface area (TPSA) is 71.3 Å². The van der Waals surface area contributed by atoms with Gasteiger partial charge in [-0.2, -0.15) is 5.26 Å². The minimum Gasteiger partial charge on any atom is -0.494 e. The minimum absolute atomic E-state index is 0.0180. The van der Waals surface area contributed by atoms with Crippen molar-refractivity contribution in [2.24, 2.45) is 0 Å². The van der Waals surface area contributed by atoms with Crippen LogP contribution in [0.1, 0.15) is 18.1 Å². The standard InChI is InChI=1S/C25H20BrClN2O3/c1-2-31-21-10-8-20(9-11-21)29-25(30)19(15-28)13-17-7-12-24(22(26)14-17)32-16-18-5-3-4-6-23(18)27/h3-14H,2,16H2,1H3,(H,29,30)/b19-13-. The van der Waals surface area contributed by atoms with Gasteiger partial charge in [-0.3, -0.25) is 4.79 Å². The van der Waals surface area contributed by atoms with Crippen molar-refractivity contribution in [1.82, 2.24) is 0 Å². The van der Waals surface area contributed by atoms with Gasteiger partial charge < -0.3 is 14.8 Å². The van der Waals surface area contributed by atoms with Crippen LogP contribution in [-0.2, 0) is 11.4 Å². The first-order valence-corrected chi connectivity index (χ1v) is 11.0. The molecule has 1 amide bonds. The molecule has 32 heavy (non-hydrogen) atoms. The van der Waals surface area contributed by atoms with Crippen LogP contribution in [0.15, 0.2) is 76.8 Å². The fourth-order valence-electron chi connectivity index (χ4n) is 2.81. The number of nitrogens with one attached hydrogen (secondary N) is 1. The number of halogens is 2. The summed E-state index contributed by atoms with van der Waals surface area (Å²) in [7, 11) is 0. The summed E-state index contributed by atoms with van der Waals surface area (Å²) in [5, 5.41) is 12.8. The van der Waals surface area contributed by atoms with Gasteiger partial charge in [-0.1, -0.05) is 35.9 Å². The van der Waals surface area contributed by atoms with E-state index < -0.39 is 5.91 Å². The number of amides is 1. The van der Waals surface area contributed by atoms with Crippen LogP contribution in [0.3, 0.4) is 0 Å². The second kappa shape index (κ2) is 11.4. The van der Waals surface area contributed by atoms with Gasteiger partial charge in [0.05, 0.1) is 11.1 Å². The number of rotatable bonds is 8. The molecule has 0 unspecified atom stereocenters. The highest BCUT2D eigenvalue weighted by Crippen LogP contribution is 2.28. The first kappa shape index (κ1) is 23.4. The number of ether oxygens (including phenoxy) is 2. The van der Waals surface area contributed by atoms with Gasteiger partial charge in [-0.15, -0.1) is 0 Å². The first-order chi connectivity index (χ1) is 15.5. The van der Waals surface area contributed by atoms with E-state index in [1.165, 1.54) is 6.08 Å². The van der Waals surface area contributed by atoms with Gasteiger partial charge in [0.15, 0.2) is 0 Å². The summed E-state index contributed by atoms with van der Waals surface area (Å²) in [5.74, 6) is 0.842. The third kappa shape index (κ3) is 6.36. The summed E-state index contributed by atoms with van der Waals surface area (Å²) < 4.78 is 11.9. The van der Waals surface area contributed by atoms with Gasteiger partial charge in [-0.25, -0.2) is 0 Å². The zero-order chi connectivity index (χ0) is 22.9. The number of anilines is 1. The van der Waals surface area contributed by atoms with Crippen LogP contribution >= 0.6 is 27.5 Å². The Morgan fingerprint density at radius 3 is 2.53 bits per heavy atom. The molecule has 162 valence electrons. The lowest BCUT2D eigenvalue weighted by Gasteiger charge is -2.10. The molecule has 0 saturated heterocycles. The van der Waals surface area contributed by atoms with Crippen LogP contribution in [0.5, 0.6) is 11.5 Å². The highest BCUT2D eigenvalue weighted by atomic mass is 79.9. The quantitative estimate of drug-likeness (QED) is 0.272. The molecule has 0 aliphatic heterocycles. The summed E-state index contributed by atoms with van der Waals surface area (Å²) in [6.45, 7) is 2.78. The number of nitriles is 1. The lowest BCUT2D eigenvalue weighted by Crippen LogP contribution is -2.13. The molecule has 0 atom stereocenters. The summed E-state index contributed by atoms with van der Waals surface area (Å²) in [4.78, 5) is 12.5. The number of hydrogen-bond donors (Lipinski definition) is 1. The Bertz CT molecular complexity index is 1170. The summed E-state index contributed by atoms with van der Waals surface area (Å²) in [6, 6.07) is 21.7. The average Bonchev–Trinajstić information content (AvgIpc) is 2.79. The minimum atomic E-state index is -0.494. The molecule has 3 rings (SSSR count). The van der Waals surface area contributed by atoms with E-state index in [4.69, 9.17) is 21.1 Å². The van der Waals surface area contributed by atoms with Gasteiger partial charge in [0, 0.05) is 16.3 Å². The maximum absolute atomic E-state index is 12.5. The number of carbonyl (C=O) groups excluding carboxylic acids is 1. The molecule has 3 aromatic carbocycles. The molecule has 1 N–H and O–H groups in total. The highest BCUT2D eigenvalue weighted by molar-refractivity contribution is 9.10. The smallest absolute Gasteiger partial charge is 0.266 e. The van der Waals surface area contributed by atoms with Gasteiger partial charge in [0.25, 0.3) is 5.91 Å². The van der Waals surface area contributed by atoms with Gasteiger partial charge in [0.2, 0.25) is 0 Å². The third-order valence-corrected chi connectivity index (χ3v) is 5.38. The van der Waals surface area contributed by atoms with Crippen molar-refractivity contribution >= 4 is 45.2 Å². The number of carbonyl (C=O) groups is 1. The molecular formula is C25H20BrClN2O3. The molecule has 0 saturated carbocycles. The number of hydrogen-bond acceptors (Lipinski definition) is 4. The Kier molecular flexibility index (Phi) is 8.32. The van der Waals surface area contributed by atoms with E-state index in [0.717, 1.165) is 5.56 Å². The first-order valence-electron chi connectivity index (χ1n) is 9.82. The molecule has 0 fully saturated rings. The molecule has 0 aromatic heterocycles. The highest BCUT2D eigenvalue weighted by Gasteiger charge is 2.11. The van der Waals surface area contributed by atoms with Crippen LogP contribution in [0.2, 0.25) is 5.02 Å². The Hall–Kier alpha value is -3.27. The predicted molar refractivity (Wildman–Crippen MR) is 130 cm³/mol. The van der Waals surface area contributed by atoms with Crippen molar-refractivity contribution in [3.8, 4) is 17.6 Å². The molecule has 0 spiro atoms. The normalized spacial score (nSPS) is 10.9. The van der Waals surface area contributed by atoms with E-state index in [1.807, 2.05) is 37.3 Å². The van der Waals surface area contributed by atoms with Crippen molar-refractivity contribution in [3.05, 3.63) is 92.9 Å². The second-order valence-corrected chi connectivity index (χ2v) is 7.91. The average molecular weight is 512 g/mol. The van der Waals surface area contributed by atoms with Crippen molar-refractivity contribution in [2.75, 3.05) is 11.9 Å². The van der Waals surface area contributed by atoms with Crippen molar-refractivity contribution in [3.63, 3.8) is 0 Å². The second-order valence-electron chi connectivity index (χ2n) is 6.65. The largest absolute Gasteiger partial charge is 0.494 e. The number of benzene rings is 3. The summed E-state index contributed by atoms with van der Waals surface area (Å²) >= 11 is 9.64. The Labute approximate surface area is 200 Å². The molecule has 7 heteroatoms. The fourth-order valence-corrected chi connectivity index (χ4v) is 3.51. The van der Waals surface area contributed by atoms with E-state index in [9.17, 15) is 10.1 Å². The van der Waals surface area contributed by atoms with E-state index in [1.54, 1.807) is 42.5 Å². The summed E-state index contributed by atoms with van der Waals surface area (Å²) in [5.41, 5.74) is 2.11. The zero-order valence-electron chi connectivity index (χ0n) is 17.3. The van der Waals surface area contributed by atoms with Crippen molar-refractivity contribution in [1.29, 1.82) is 5.26 Å². The molecule has 5 nitrogen and oxygen atoms in total. The monoisotopic (exact) mass is 510 g/mol. The third-order valence-electron chi connectivity index (χ3n) is 4.40. The van der Waals surface area contributed by atoms with Crippen LogP contribution < -0.4 is 14.8 Å². The fraction of sp³-hybridized carbons (Fsp3) is 0.120. The van der Waals surface area contributed by atoms with E-state index in [-0.39, 0.29) is 5.57 Å². The van der Waals surface area contributed by atoms with Gasteiger partial charge in [0.1, 0.15) is 29.7 Å². The molecule has 3 aromatic rings. The van der Waals surface area contributed by atoms with Gasteiger partial charge >= 0.3 is 0 Å². The van der Waals surface area contributed by atoms with Crippen LogP contribution in [0.4, 0.5) is 5.69 Å². The molecule has 0 heterocycles. The SMILES string of the molecule is CCOc1ccc(NC(=O)/C(C#N)=C\c2ccc(OCc3ccccc3Cl)c(Br)c2)cc1.